The van der Waals surface area contributed by atoms with Gasteiger partial charge in [-0.25, -0.2) is 8.78 Å². The summed E-state index contributed by atoms with van der Waals surface area (Å²) in [6.07, 6.45) is 0.191. The molecule has 4 nitrogen and oxygen atoms in total. The van der Waals surface area contributed by atoms with Crippen LogP contribution in [0.3, 0.4) is 0 Å². The largest absolute Gasteiger partial charge is 0.324 e. The molecule has 0 spiro atoms. The summed E-state index contributed by atoms with van der Waals surface area (Å²) in [5.41, 5.74) is 2.43. The van der Waals surface area contributed by atoms with E-state index in [0.29, 0.717) is 5.75 Å². The number of carbonyl (C=O) groups excluding carboxylic acids is 2. The van der Waals surface area contributed by atoms with Crippen molar-refractivity contribution in [2.24, 2.45) is 0 Å². The standard InChI is InChI=1S/C19H20F2N2O2S/c1-11-4-5-14(8-12(11)2)26-7-6-19(25)23-18-10-16(21)15(20)9-17(18)22-13(3)24/h4-5,8-10H,6-7H2,1-3H3,(H,22,24)(H,23,25). The third-order valence-electron chi connectivity index (χ3n) is 3.72. The van der Waals surface area contributed by atoms with Gasteiger partial charge in [-0.1, -0.05) is 6.07 Å². The molecule has 2 amide bonds. The summed E-state index contributed by atoms with van der Waals surface area (Å²) in [6.45, 7) is 5.30. The van der Waals surface area contributed by atoms with Crippen molar-refractivity contribution in [2.45, 2.75) is 32.1 Å². The minimum absolute atomic E-state index is 0.0200. The van der Waals surface area contributed by atoms with Crippen molar-refractivity contribution >= 4 is 35.0 Å². The summed E-state index contributed by atoms with van der Waals surface area (Å²) in [4.78, 5) is 24.4. The fourth-order valence-electron chi connectivity index (χ4n) is 2.22. The number of aryl methyl sites for hydroxylation is 2. The Bertz CT molecular complexity index is 841. The highest BCUT2D eigenvalue weighted by Crippen LogP contribution is 2.26. The van der Waals surface area contributed by atoms with E-state index in [2.05, 4.69) is 16.7 Å². The van der Waals surface area contributed by atoms with Gasteiger partial charge in [-0.15, -0.1) is 11.8 Å². The third kappa shape index (κ3) is 5.56. The molecule has 0 fully saturated rings. The van der Waals surface area contributed by atoms with Gasteiger partial charge in [0.25, 0.3) is 0 Å². The lowest BCUT2D eigenvalue weighted by Gasteiger charge is -2.12. The summed E-state index contributed by atoms with van der Waals surface area (Å²) in [6, 6.07) is 7.78. The lowest BCUT2D eigenvalue weighted by Crippen LogP contribution is -2.16. The molecule has 138 valence electrons. The average Bonchev–Trinajstić information content (AvgIpc) is 2.55. The Morgan fingerprint density at radius 1 is 0.962 bits per heavy atom. The van der Waals surface area contributed by atoms with E-state index >= 15 is 0 Å². The normalized spacial score (nSPS) is 10.5. The third-order valence-corrected chi connectivity index (χ3v) is 4.72. The fraction of sp³-hybridized carbons (Fsp3) is 0.263. The van der Waals surface area contributed by atoms with Gasteiger partial charge in [0.2, 0.25) is 11.8 Å². The van der Waals surface area contributed by atoms with Crippen molar-refractivity contribution in [1.82, 2.24) is 0 Å². The Kier molecular flexibility index (Phi) is 6.74. The maximum Gasteiger partial charge on any atom is 0.225 e. The molecular weight excluding hydrogens is 358 g/mol. The summed E-state index contributed by atoms with van der Waals surface area (Å²) in [5, 5.41) is 4.89. The first-order chi connectivity index (χ1) is 12.3. The molecule has 26 heavy (non-hydrogen) atoms. The van der Waals surface area contributed by atoms with Gasteiger partial charge in [-0.2, -0.15) is 0 Å². The number of halogens is 2. The maximum atomic E-state index is 13.4. The fourth-order valence-corrected chi connectivity index (χ4v) is 3.17. The topological polar surface area (TPSA) is 58.2 Å². The van der Waals surface area contributed by atoms with Gasteiger partial charge >= 0.3 is 0 Å². The molecule has 0 saturated carbocycles. The average molecular weight is 378 g/mol. The van der Waals surface area contributed by atoms with Crippen molar-refractivity contribution in [2.75, 3.05) is 16.4 Å². The van der Waals surface area contributed by atoms with E-state index in [1.165, 1.54) is 29.8 Å². The summed E-state index contributed by atoms with van der Waals surface area (Å²) >= 11 is 1.54. The lowest BCUT2D eigenvalue weighted by atomic mass is 10.1. The van der Waals surface area contributed by atoms with Crippen LogP contribution in [0.1, 0.15) is 24.5 Å². The molecule has 2 N–H and O–H groups in total. The van der Waals surface area contributed by atoms with Crippen LogP contribution in [-0.4, -0.2) is 17.6 Å². The molecule has 0 atom stereocenters. The van der Waals surface area contributed by atoms with E-state index in [-0.39, 0.29) is 23.7 Å². The van der Waals surface area contributed by atoms with Gasteiger partial charge in [0.15, 0.2) is 11.6 Å². The van der Waals surface area contributed by atoms with Crippen LogP contribution in [0.25, 0.3) is 0 Å². The Hall–Kier alpha value is -2.41. The van der Waals surface area contributed by atoms with E-state index in [9.17, 15) is 18.4 Å². The number of benzene rings is 2. The molecule has 0 aliphatic heterocycles. The van der Waals surface area contributed by atoms with Crippen molar-refractivity contribution in [3.63, 3.8) is 0 Å². The smallest absolute Gasteiger partial charge is 0.225 e. The minimum atomic E-state index is -1.10. The zero-order chi connectivity index (χ0) is 19.3. The molecule has 0 aliphatic carbocycles. The van der Waals surface area contributed by atoms with Crippen LogP contribution in [0.2, 0.25) is 0 Å². The molecule has 0 heterocycles. The lowest BCUT2D eigenvalue weighted by molar-refractivity contribution is -0.116. The number of nitrogens with one attached hydrogen (secondary N) is 2. The summed E-state index contributed by atoms with van der Waals surface area (Å²) in [7, 11) is 0. The second-order valence-corrected chi connectivity index (χ2v) is 7.05. The SMILES string of the molecule is CC(=O)Nc1cc(F)c(F)cc1NC(=O)CCSc1ccc(C)c(C)c1. The number of hydrogen-bond donors (Lipinski definition) is 2. The van der Waals surface area contributed by atoms with Crippen molar-refractivity contribution in [1.29, 1.82) is 0 Å². The minimum Gasteiger partial charge on any atom is -0.324 e. The van der Waals surface area contributed by atoms with Crippen LogP contribution in [-0.2, 0) is 9.59 Å². The Morgan fingerprint density at radius 3 is 2.15 bits per heavy atom. The first-order valence-corrected chi connectivity index (χ1v) is 9.01. The number of anilines is 2. The number of carbonyl (C=O) groups is 2. The molecule has 2 aromatic carbocycles. The van der Waals surface area contributed by atoms with Crippen LogP contribution in [0.4, 0.5) is 20.2 Å². The van der Waals surface area contributed by atoms with Gasteiger partial charge in [0.05, 0.1) is 11.4 Å². The van der Waals surface area contributed by atoms with Crippen molar-refractivity contribution in [3.05, 3.63) is 53.1 Å². The van der Waals surface area contributed by atoms with Gasteiger partial charge in [-0.3, -0.25) is 9.59 Å². The predicted octanol–water partition coefficient (Wildman–Crippen LogP) is 4.66. The Balaban J connectivity index is 1.97. The molecule has 0 aliphatic rings. The van der Waals surface area contributed by atoms with Crippen LogP contribution >= 0.6 is 11.8 Å². The second-order valence-electron chi connectivity index (χ2n) is 5.89. The molecule has 7 heteroatoms. The molecular formula is C19H20F2N2O2S. The van der Waals surface area contributed by atoms with Gasteiger partial charge in [0.1, 0.15) is 0 Å². The number of amides is 2. The molecule has 0 saturated heterocycles. The monoisotopic (exact) mass is 378 g/mol. The van der Waals surface area contributed by atoms with Crippen LogP contribution in [0.15, 0.2) is 35.2 Å². The number of thioether (sulfide) groups is 1. The van der Waals surface area contributed by atoms with Gasteiger partial charge in [0, 0.05) is 36.1 Å². The predicted molar refractivity (Wildman–Crippen MR) is 101 cm³/mol. The number of hydrogen-bond acceptors (Lipinski definition) is 3. The van der Waals surface area contributed by atoms with Crippen LogP contribution in [0.5, 0.6) is 0 Å². The van der Waals surface area contributed by atoms with Crippen LogP contribution in [0, 0.1) is 25.5 Å². The second kappa shape index (κ2) is 8.80. The number of rotatable bonds is 6. The first kappa shape index (κ1) is 19.9. The molecule has 0 radical (unpaired) electrons. The summed E-state index contributed by atoms with van der Waals surface area (Å²) < 4.78 is 26.8. The quantitative estimate of drug-likeness (QED) is 0.719. The van der Waals surface area contributed by atoms with Gasteiger partial charge < -0.3 is 10.6 Å². The van der Waals surface area contributed by atoms with E-state index in [4.69, 9.17) is 0 Å². The molecule has 2 aromatic rings. The highest BCUT2D eigenvalue weighted by molar-refractivity contribution is 7.99. The highest BCUT2D eigenvalue weighted by atomic mass is 32.2. The molecule has 2 rings (SSSR count). The molecule has 0 unspecified atom stereocenters. The van der Waals surface area contributed by atoms with E-state index in [1.54, 1.807) is 0 Å². The van der Waals surface area contributed by atoms with Crippen molar-refractivity contribution < 1.29 is 18.4 Å². The Morgan fingerprint density at radius 2 is 1.58 bits per heavy atom. The van der Waals surface area contributed by atoms with Crippen molar-refractivity contribution in [3.8, 4) is 0 Å². The molecule has 0 aromatic heterocycles. The Labute approximate surface area is 155 Å². The van der Waals surface area contributed by atoms with Gasteiger partial charge in [-0.05, 0) is 37.1 Å². The zero-order valence-electron chi connectivity index (χ0n) is 14.8. The first-order valence-electron chi connectivity index (χ1n) is 8.03. The molecule has 0 bridgehead atoms. The van der Waals surface area contributed by atoms with Crippen LogP contribution < -0.4 is 10.6 Å². The van der Waals surface area contributed by atoms with E-state index in [0.717, 1.165) is 17.0 Å². The summed E-state index contributed by atoms with van der Waals surface area (Å²) in [5.74, 6) is -2.46. The van der Waals surface area contributed by atoms with E-state index < -0.39 is 17.5 Å². The maximum absolute atomic E-state index is 13.4. The zero-order valence-corrected chi connectivity index (χ0v) is 15.6. The van der Waals surface area contributed by atoms with E-state index in [1.807, 2.05) is 26.0 Å². The highest BCUT2D eigenvalue weighted by Gasteiger charge is 2.13.